The number of rotatable bonds is 8. The molecule has 0 saturated heterocycles. The first-order valence-electron chi connectivity index (χ1n) is 5.60. The van der Waals surface area contributed by atoms with Gasteiger partial charge in [-0.1, -0.05) is 19.9 Å². The number of thioether (sulfide) groups is 1. The molecule has 86 valence electrons. The van der Waals surface area contributed by atoms with E-state index in [0.29, 0.717) is 0 Å². The second-order valence-corrected chi connectivity index (χ2v) is 6.26. The fourth-order valence-corrected chi connectivity index (χ4v) is 2.90. The van der Waals surface area contributed by atoms with Crippen LogP contribution in [0.25, 0.3) is 0 Å². The summed E-state index contributed by atoms with van der Waals surface area (Å²) >= 11 is 3.90. The Kier molecular flexibility index (Phi) is 7.14. The van der Waals surface area contributed by atoms with Crippen molar-refractivity contribution in [3.63, 3.8) is 0 Å². The molecule has 0 amide bonds. The highest BCUT2D eigenvalue weighted by Gasteiger charge is 1.95. The van der Waals surface area contributed by atoms with Crippen LogP contribution in [0.1, 0.15) is 25.1 Å². The molecular formula is C12H21NS2. The molecule has 3 heteroatoms. The third-order valence-electron chi connectivity index (χ3n) is 1.97. The highest BCUT2D eigenvalue weighted by molar-refractivity contribution is 7.99. The molecule has 1 nitrogen and oxygen atoms in total. The monoisotopic (exact) mass is 243 g/mol. The molecule has 1 heterocycles. The second-order valence-electron chi connectivity index (χ2n) is 4.08. The van der Waals surface area contributed by atoms with Gasteiger partial charge in [-0.3, -0.25) is 0 Å². The second kappa shape index (κ2) is 8.20. The average Bonchev–Trinajstić information content (AvgIpc) is 2.68. The van der Waals surface area contributed by atoms with Crippen LogP contribution < -0.4 is 5.32 Å². The van der Waals surface area contributed by atoms with Crippen LogP contribution in [-0.4, -0.2) is 18.1 Å². The zero-order valence-corrected chi connectivity index (χ0v) is 11.3. The van der Waals surface area contributed by atoms with Gasteiger partial charge in [-0.15, -0.1) is 11.3 Å². The molecule has 0 aliphatic carbocycles. The van der Waals surface area contributed by atoms with Gasteiger partial charge in [-0.2, -0.15) is 11.8 Å². The topological polar surface area (TPSA) is 12.0 Å². The molecule has 0 aliphatic rings. The molecule has 0 saturated carbocycles. The number of thiophene rings is 1. The first-order chi connectivity index (χ1) is 7.29. The van der Waals surface area contributed by atoms with Gasteiger partial charge in [0.25, 0.3) is 0 Å². The van der Waals surface area contributed by atoms with Crippen LogP contribution in [0.2, 0.25) is 0 Å². The van der Waals surface area contributed by atoms with Gasteiger partial charge in [0, 0.05) is 11.4 Å². The Morgan fingerprint density at radius 2 is 2.33 bits per heavy atom. The fourth-order valence-electron chi connectivity index (χ4n) is 1.24. The zero-order chi connectivity index (χ0) is 10.9. The normalized spacial score (nSPS) is 11.1. The summed E-state index contributed by atoms with van der Waals surface area (Å²) in [7, 11) is 0. The minimum absolute atomic E-state index is 0.828. The summed E-state index contributed by atoms with van der Waals surface area (Å²) in [6.07, 6.45) is 1.28. The summed E-state index contributed by atoms with van der Waals surface area (Å²) < 4.78 is 0. The first kappa shape index (κ1) is 13.1. The Bertz CT molecular complexity index is 232. The fraction of sp³-hybridized carbons (Fsp3) is 0.667. The Hall–Kier alpha value is 0.01000. The van der Waals surface area contributed by atoms with Crippen LogP contribution in [0.4, 0.5) is 0 Å². The van der Waals surface area contributed by atoms with E-state index in [1.807, 2.05) is 11.3 Å². The third-order valence-corrected chi connectivity index (χ3v) is 4.33. The molecule has 1 rings (SSSR count). The lowest BCUT2D eigenvalue weighted by molar-refractivity contribution is 0.684. The molecule has 0 aliphatic heterocycles. The van der Waals surface area contributed by atoms with Crippen LogP contribution in [0.15, 0.2) is 17.5 Å². The lowest BCUT2D eigenvalue weighted by Crippen LogP contribution is -2.14. The van der Waals surface area contributed by atoms with Crippen molar-refractivity contribution in [3.05, 3.63) is 22.4 Å². The highest BCUT2D eigenvalue weighted by atomic mass is 32.2. The Morgan fingerprint density at radius 1 is 1.47 bits per heavy atom. The summed E-state index contributed by atoms with van der Waals surface area (Å²) in [5.74, 6) is 3.41. The Labute approximate surface area is 102 Å². The largest absolute Gasteiger partial charge is 0.312 e. The van der Waals surface area contributed by atoms with Gasteiger partial charge < -0.3 is 5.32 Å². The predicted octanol–water partition coefficient (Wildman–Crippen LogP) is 3.62. The average molecular weight is 243 g/mol. The number of hydrogen-bond acceptors (Lipinski definition) is 3. The molecule has 0 spiro atoms. The molecule has 0 aromatic carbocycles. The van der Waals surface area contributed by atoms with Crippen LogP contribution >= 0.6 is 23.1 Å². The van der Waals surface area contributed by atoms with Crippen molar-refractivity contribution in [1.29, 1.82) is 0 Å². The lowest BCUT2D eigenvalue weighted by Gasteiger charge is -2.05. The van der Waals surface area contributed by atoms with Crippen LogP contribution in [0.5, 0.6) is 0 Å². The Morgan fingerprint density at radius 3 is 3.00 bits per heavy atom. The van der Waals surface area contributed by atoms with Gasteiger partial charge in [0.15, 0.2) is 0 Å². The van der Waals surface area contributed by atoms with Crippen LogP contribution in [-0.2, 0) is 6.54 Å². The number of nitrogens with one attached hydrogen (secondary N) is 1. The smallest absolute Gasteiger partial charge is 0.0299 e. The molecule has 0 radical (unpaired) electrons. The molecule has 0 atom stereocenters. The summed E-state index contributed by atoms with van der Waals surface area (Å²) in [6, 6.07) is 4.30. The maximum Gasteiger partial charge on any atom is 0.0299 e. The van der Waals surface area contributed by atoms with Gasteiger partial charge in [-0.25, -0.2) is 0 Å². The van der Waals surface area contributed by atoms with Crippen molar-refractivity contribution < 1.29 is 0 Å². The molecular weight excluding hydrogens is 222 g/mol. The minimum Gasteiger partial charge on any atom is -0.312 e. The van der Waals surface area contributed by atoms with E-state index in [2.05, 4.69) is 48.4 Å². The molecule has 1 N–H and O–H groups in total. The lowest BCUT2D eigenvalue weighted by atomic mass is 10.3. The van der Waals surface area contributed by atoms with E-state index >= 15 is 0 Å². The van der Waals surface area contributed by atoms with E-state index in [1.54, 1.807) is 0 Å². The maximum atomic E-state index is 3.47. The van der Waals surface area contributed by atoms with E-state index in [0.717, 1.165) is 19.0 Å². The molecule has 0 bridgehead atoms. The van der Waals surface area contributed by atoms with Gasteiger partial charge in [0.05, 0.1) is 0 Å². The predicted molar refractivity (Wildman–Crippen MR) is 72.8 cm³/mol. The number of hydrogen-bond donors (Lipinski definition) is 1. The van der Waals surface area contributed by atoms with Crippen molar-refractivity contribution in [2.45, 2.75) is 26.8 Å². The molecule has 1 aromatic rings. The van der Waals surface area contributed by atoms with E-state index in [1.165, 1.54) is 22.8 Å². The quantitative estimate of drug-likeness (QED) is 0.700. The zero-order valence-electron chi connectivity index (χ0n) is 9.66. The molecule has 15 heavy (non-hydrogen) atoms. The summed E-state index contributed by atoms with van der Waals surface area (Å²) in [5.41, 5.74) is 0. The Balaban J connectivity index is 1.85. The molecule has 0 unspecified atom stereocenters. The summed E-state index contributed by atoms with van der Waals surface area (Å²) in [5, 5.41) is 5.61. The SMILES string of the molecule is CC(C)CSCCCNCc1cccs1. The van der Waals surface area contributed by atoms with E-state index in [4.69, 9.17) is 0 Å². The van der Waals surface area contributed by atoms with Gasteiger partial charge in [-0.05, 0) is 41.8 Å². The van der Waals surface area contributed by atoms with Gasteiger partial charge in [0.1, 0.15) is 0 Å². The summed E-state index contributed by atoms with van der Waals surface area (Å²) in [6.45, 7) is 6.74. The summed E-state index contributed by atoms with van der Waals surface area (Å²) in [4.78, 5) is 1.44. The van der Waals surface area contributed by atoms with Gasteiger partial charge >= 0.3 is 0 Å². The van der Waals surface area contributed by atoms with Crippen LogP contribution in [0, 0.1) is 5.92 Å². The van der Waals surface area contributed by atoms with Crippen molar-refractivity contribution in [3.8, 4) is 0 Å². The third kappa shape index (κ3) is 6.98. The van der Waals surface area contributed by atoms with Crippen molar-refractivity contribution in [2.75, 3.05) is 18.1 Å². The highest BCUT2D eigenvalue weighted by Crippen LogP contribution is 2.09. The van der Waals surface area contributed by atoms with E-state index in [9.17, 15) is 0 Å². The van der Waals surface area contributed by atoms with E-state index < -0.39 is 0 Å². The molecule has 0 fully saturated rings. The van der Waals surface area contributed by atoms with Crippen molar-refractivity contribution in [1.82, 2.24) is 5.32 Å². The van der Waals surface area contributed by atoms with Crippen molar-refractivity contribution in [2.24, 2.45) is 5.92 Å². The van der Waals surface area contributed by atoms with Gasteiger partial charge in [0.2, 0.25) is 0 Å². The van der Waals surface area contributed by atoms with E-state index in [-0.39, 0.29) is 0 Å². The van der Waals surface area contributed by atoms with Crippen molar-refractivity contribution >= 4 is 23.1 Å². The maximum absolute atomic E-state index is 3.47. The minimum atomic E-state index is 0.828. The molecule has 1 aromatic heterocycles. The first-order valence-corrected chi connectivity index (χ1v) is 7.63. The van der Waals surface area contributed by atoms with Crippen LogP contribution in [0.3, 0.4) is 0 Å². The standard InChI is InChI=1S/C12H21NS2/c1-11(2)10-14-7-4-6-13-9-12-5-3-8-15-12/h3,5,8,11,13H,4,6-7,9-10H2,1-2H3.